The molecule has 0 N–H and O–H groups in total. The van der Waals surface area contributed by atoms with E-state index in [2.05, 4.69) is 133 Å². The van der Waals surface area contributed by atoms with Gasteiger partial charge in [0, 0.05) is 58.4 Å². The van der Waals surface area contributed by atoms with Gasteiger partial charge in [-0.15, -0.1) is 11.3 Å². The average Bonchev–Trinajstić information content (AvgIpc) is 3.95. The average molecular weight is 722 g/mol. The van der Waals surface area contributed by atoms with E-state index in [1.807, 2.05) is 30.3 Å². The van der Waals surface area contributed by atoms with E-state index in [9.17, 15) is 0 Å². The Bertz CT molecular complexity index is 3500. The number of benzene rings is 8. The Labute approximate surface area is 317 Å². The highest BCUT2D eigenvalue weighted by molar-refractivity contribution is 7.25. The molecule has 0 aliphatic heterocycles. The lowest BCUT2D eigenvalue weighted by atomic mass is 9.98. The second kappa shape index (κ2) is 11.7. The summed E-state index contributed by atoms with van der Waals surface area (Å²) in [6, 6.07) is 56.8. The fourth-order valence-electron chi connectivity index (χ4n) is 8.22. The molecular formula is C49H27N3O2S. The van der Waals surface area contributed by atoms with E-state index in [1.54, 1.807) is 11.3 Å². The monoisotopic (exact) mass is 721 g/mol. The summed E-state index contributed by atoms with van der Waals surface area (Å²) in [6.45, 7) is 0. The standard InChI is InChI=1S/C49H27N3O2S/c1-4-14-38-34(9-1)44-32(12-7-16-40(44)53-38)28-19-21-29(22-20-28)47-50-48(52-49(51-47)37-13-8-18-43-46(37)36-11-3-6-17-42(36)55-43)31-23-25-33-30(27-31)24-26-41-45(33)35-10-2-5-15-39(35)54-41/h1-27H. The van der Waals surface area contributed by atoms with Crippen LogP contribution in [0.15, 0.2) is 173 Å². The van der Waals surface area contributed by atoms with E-state index in [0.717, 1.165) is 87.9 Å². The van der Waals surface area contributed by atoms with Crippen molar-refractivity contribution in [2.24, 2.45) is 0 Å². The number of thiophene rings is 1. The van der Waals surface area contributed by atoms with Gasteiger partial charge in [0.1, 0.15) is 22.3 Å². The van der Waals surface area contributed by atoms with Crippen LogP contribution in [0.5, 0.6) is 0 Å². The van der Waals surface area contributed by atoms with Crippen LogP contribution in [0.4, 0.5) is 0 Å². The molecule has 0 bridgehead atoms. The maximum absolute atomic E-state index is 6.20. The van der Waals surface area contributed by atoms with E-state index in [0.29, 0.717) is 17.5 Å². The van der Waals surface area contributed by atoms with Gasteiger partial charge in [0.25, 0.3) is 0 Å². The van der Waals surface area contributed by atoms with Crippen molar-refractivity contribution in [3.8, 4) is 45.3 Å². The molecule has 0 saturated heterocycles. The van der Waals surface area contributed by atoms with Crippen molar-refractivity contribution < 1.29 is 8.83 Å². The van der Waals surface area contributed by atoms with E-state index >= 15 is 0 Å². The van der Waals surface area contributed by atoms with Crippen molar-refractivity contribution in [1.82, 2.24) is 15.0 Å². The largest absolute Gasteiger partial charge is 0.456 e. The minimum Gasteiger partial charge on any atom is -0.456 e. The summed E-state index contributed by atoms with van der Waals surface area (Å²) in [5, 5.41) is 9.04. The fraction of sp³-hybridized carbons (Fsp3) is 0. The Morgan fingerprint density at radius 2 is 0.927 bits per heavy atom. The first-order valence-corrected chi connectivity index (χ1v) is 19.1. The van der Waals surface area contributed by atoms with Crippen LogP contribution < -0.4 is 0 Å². The highest BCUT2D eigenvalue weighted by Gasteiger charge is 2.19. The normalized spacial score (nSPS) is 12.0. The molecule has 256 valence electrons. The molecule has 0 unspecified atom stereocenters. The Morgan fingerprint density at radius 3 is 1.75 bits per heavy atom. The van der Waals surface area contributed by atoms with Gasteiger partial charge in [0.05, 0.1) is 0 Å². The molecule has 6 heteroatoms. The van der Waals surface area contributed by atoms with Gasteiger partial charge in [0.15, 0.2) is 17.5 Å². The summed E-state index contributed by atoms with van der Waals surface area (Å²) < 4.78 is 14.8. The molecule has 0 atom stereocenters. The van der Waals surface area contributed by atoms with Crippen molar-refractivity contribution in [2.75, 3.05) is 0 Å². The van der Waals surface area contributed by atoms with Gasteiger partial charge in [-0.05, 0) is 64.4 Å². The predicted octanol–water partition coefficient (Wildman–Crippen LogP) is 13.9. The molecule has 55 heavy (non-hydrogen) atoms. The molecule has 0 radical (unpaired) electrons. The number of hydrogen-bond acceptors (Lipinski definition) is 6. The molecule has 12 aromatic rings. The Morgan fingerprint density at radius 1 is 0.345 bits per heavy atom. The Hall–Kier alpha value is -7.15. The van der Waals surface area contributed by atoms with Crippen LogP contribution in [-0.2, 0) is 0 Å². The Kier molecular flexibility index (Phi) is 6.44. The lowest BCUT2D eigenvalue weighted by Crippen LogP contribution is -2.00. The van der Waals surface area contributed by atoms with Crippen LogP contribution in [0.25, 0.3) is 120 Å². The number of rotatable bonds is 4. The topological polar surface area (TPSA) is 65.0 Å². The van der Waals surface area contributed by atoms with Crippen molar-refractivity contribution in [2.45, 2.75) is 0 Å². The number of furan rings is 2. The fourth-order valence-corrected chi connectivity index (χ4v) is 9.35. The van der Waals surface area contributed by atoms with Gasteiger partial charge < -0.3 is 8.83 Å². The van der Waals surface area contributed by atoms with Crippen LogP contribution in [0, 0.1) is 0 Å². The van der Waals surface area contributed by atoms with Gasteiger partial charge >= 0.3 is 0 Å². The summed E-state index contributed by atoms with van der Waals surface area (Å²) in [4.78, 5) is 15.6. The van der Waals surface area contributed by atoms with Crippen LogP contribution in [0.3, 0.4) is 0 Å². The second-order valence-electron chi connectivity index (χ2n) is 13.9. The zero-order chi connectivity index (χ0) is 36.0. The van der Waals surface area contributed by atoms with Crippen LogP contribution in [0.2, 0.25) is 0 Å². The lowest BCUT2D eigenvalue weighted by Gasteiger charge is -2.11. The van der Waals surface area contributed by atoms with Gasteiger partial charge in [-0.25, -0.2) is 15.0 Å². The molecule has 8 aromatic carbocycles. The third-order valence-electron chi connectivity index (χ3n) is 10.8. The summed E-state index contributed by atoms with van der Waals surface area (Å²) >= 11 is 1.79. The van der Waals surface area contributed by atoms with E-state index in [4.69, 9.17) is 23.8 Å². The van der Waals surface area contributed by atoms with E-state index < -0.39 is 0 Å². The first kappa shape index (κ1) is 30.3. The SMILES string of the molecule is c1ccc2c(c1)oc1cccc(-c3ccc(-c4nc(-c5ccc6c(ccc7oc8ccccc8c76)c5)nc(-c5cccc6sc7ccccc7c56)n4)cc3)c12. The summed E-state index contributed by atoms with van der Waals surface area (Å²) in [5.74, 6) is 1.88. The molecule has 4 aromatic heterocycles. The highest BCUT2D eigenvalue weighted by atomic mass is 32.1. The smallest absolute Gasteiger partial charge is 0.164 e. The molecule has 0 spiro atoms. The lowest BCUT2D eigenvalue weighted by molar-refractivity contribution is 0.668. The number of nitrogens with zero attached hydrogens (tertiary/aromatic N) is 3. The summed E-state index contributed by atoms with van der Waals surface area (Å²) in [5.41, 5.74) is 8.56. The molecule has 0 aliphatic rings. The molecule has 12 rings (SSSR count). The summed E-state index contributed by atoms with van der Waals surface area (Å²) in [7, 11) is 0. The maximum Gasteiger partial charge on any atom is 0.164 e. The second-order valence-corrected chi connectivity index (χ2v) is 15.0. The van der Waals surface area contributed by atoms with Crippen LogP contribution in [0.1, 0.15) is 0 Å². The van der Waals surface area contributed by atoms with Crippen molar-refractivity contribution in [1.29, 1.82) is 0 Å². The molecule has 4 heterocycles. The van der Waals surface area contributed by atoms with Crippen molar-refractivity contribution in [3.63, 3.8) is 0 Å². The highest BCUT2D eigenvalue weighted by Crippen LogP contribution is 2.41. The van der Waals surface area contributed by atoms with Crippen molar-refractivity contribution in [3.05, 3.63) is 164 Å². The third-order valence-corrected chi connectivity index (χ3v) is 11.9. The number of fused-ring (bicyclic) bond motifs is 11. The van der Waals surface area contributed by atoms with Gasteiger partial charge in [0.2, 0.25) is 0 Å². The minimum atomic E-state index is 0.617. The van der Waals surface area contributed by atoms with Gasteiger partial charge in [-0.1, -0.05) is 121 Å². The number of hydrogen-bond donors (Lipinski definition) is 0. The zero-order valence-electron chi connectivity index (χ0n) is 29.2. The molecule has 0 aliphatic carbocycles. The van der Waals surface area contributed by atoms with Crippen LogP contribution in [-0.4, -0.2) is 15.0 Å². The summed E-state index contributed by atoms with van der Waals surface area (Å²) in [6.07, 6.45) is 0. The molecular weight excluding hydrogens is 695 g/mol. The van der Waals surface area contributed by atoms with Crippen LogP contribution >= 0.6 is 11.3 Å². The van der Waals surface area contributed by atoms with E-state index in [1.165, 1.54) is 14.8 Å². The first-order chi connectivity index (χ1) is 27.2. The molecule has 0 amide bonds. The Balaban J connectivity index is 1.04. The molecule has 0 saturated carbocycles. The maximum atomic E-state index is 6.20. The van der Waals surface area contributed by atoms with Gasteiger partial charge in [-0.3, -0.25) is 0 Å². The van der Waals surface area contributed by atoms with Gasteiger partial charge in [-0.2, -0.15) is 0 Å². The molecule has 0 fully saturated rings. The number of para-hydroxylation sites is 2. The van der Waals surface area contributed by atoms with Crippen molar-refractivity contribution >= 4 is 86.2 Å². The number of aromatic nitrogens is 3. The zero-order valence-corrected chi connectivity index (χ0v) is 30.0. The molecule has 5 nitrogen and oxygen atoms in total. The third kappa shape index (κ3) is 4.68. The quantitative estimate of drug-likeness (QED) is 0.181. The predicted molar refractivity (Wildman–Crippen MR) is 227 cm³/mol. The minimum absolute atomic E-state index is 0.617. The van der Waals surface area contributed by atoms with E-state index in [-0.39, 0.29) is 0 Å². The first-order valence-electron chi connectivity index (χ1n) is 18.3.